The van der Waals surface area contributed by atoms with E-state index in [-0.39, 0.29) is 65.9 Å². The molecule has 404 valence electrons. The van der Waals surface area contributed by atoms with Gasteiger partial charge in [0.15, 0.2) is 11.6 Å². The van der Waals surface area contributed by atoms with Gasteiger partial charge >= 0.3 is 13.3 Å². The predicted molar refractivity (Wildman–Crippen MR) is 303 cm³/mol. The molecule has 0 radical (unpaired) electrons. The molecular weight excluding hydrogens is 939 g/mol. The van der Waals surface area contributed by atoms with Crippen LogP contribution < -0.4 is 14.9 Å². The van der Waals surface area contributed by atoms with Crippen molar-refractivity contribution in [1.29, 1.82) is 0 Å². The van der Waals surface area contributed by atoms with Crippen LogP contribution in [0, 0.1) is 44.3 Å². The van der Waals surface area contributed by atoms with Crippen molar-refractivity contribution >= 4 is 30.3 Å². The molecule has 8 nitrogen and oxygen atoms in total. The zero-order chi connectivity index (χ0) is 56.5. The maximum absolute atomic E-state index is 14.5. The fourth-order valence-corrected chi connectivity index (χ4v) is 9.90. The lowest BCUT2D eigenvalue weighted by Gasteiger charge is -2.34. The molecule has 5 aromatic rings. The van der Waals surface area contributed by atoms with Crippen molar-refractivity contribution in [3.8, 4) is 22.6 Å². The molecule has 0 saturated carbocycles. The number of ketones is 2. The first kappa shape index (κ1) is 61.9. The maximum atomic E-state index is 14.5. The van der Waals surface area contributed by atoms with Crippen molar-refractivity contribution in [2.75, 3.05) is 13.2 Å². The van der Waals surface area contributed by atoms with E-state index < -0.39 is 10.8 Å². The lowest BCUT2D eigenvalue weighted by Crippen LogP contribution is -2.41. The molecule has 0 unspecified atom stereocenters. The number of Topliss-reactive ketones (excluding diaryl/α,β-unsaturated/α-hetero) is 2. The first-order valence-corrected chi connectivity index (χ1v) is 26.9. The summed E-state index contributed by atoms with van der Waals surface area (Å²) in [7, 11) is -0.365. The monoisotopic (exact) mass is 1020 g/mol. The van der Waals surface area contributed by atoms with Crippen LogP contribution in [-0.2, 0) is 45.7 Å². The average Bonchev–Trinajstić information content (AvgIpc) is 3.56. The molecular formula is C65H86BFO8. The summed E-state index contributed by atoms with van der Waals surface area (Å²) in [5.41, 5.74) is 11.4. The smallest absolute Gasteiger partial charge is 0.486 e. The van der Waals surface area contributed by atoms with Gasteiger partial charge in [-0.15, -0.1) is 0 Å². The molecule has 1 aliphatic heterocycles. The van der Waals surface area contributed by atoms with Gasteiger partial charge in [0, 0.05) is 21.7 Å². The summed E-state index contributed by atoms with van der Waals surface area (Å²) in [5.74, 6) is 1.56. The standard InChI is InChI=1S/C33H41FO2.C31H45BO4.CO2/c1-9-24-12-13-25(20-29(24)34)28-16-14-26(18-22(28)4)33(10-2,11-3)27-15-17-30(23(5)19-27)36-21-31(35)32(6,7)8;1-12-31(13-2,24-15-17-26(22(4)19-24)34-20-27(33)28(5,6)7)23-14-16-25(21(3)18-23)32-35-29(8,9)30(10,11)36-32;2-1-3/h12-20H,9-11,21H2,1-8H3;14-19H,12-13,20H2,1-11H3;. The fraction of sp³-hybridized carbons (Fsp3) is 0.492. The van der Waals surface area contributed by atoms with Gasteiger partial charge < -0.3 is 18.8 Å². The van der Waals surface area contributed by atoms with E-state index >= 15 is 0 Å². The topological polar surface area (TPSA) is 105 Å². The Balaban J connectivity index is 0.000000308. The minimum Gasteiger partial charge on any atom is -0.486 e. The molecule has 0 amide bonds. The molecule has 0 N–H and O–H groups in total. The number of benzene rings is 5. The number of hydrogen-bond acceptors (Lipinski definition) is 8. The predicted octanol–water partition coefficient (Wildman–Crippen LogP) is 14.9. The molecule has 0 spiro atoms. The van der Waals surface area contributed by atoms with Crippen molar-refractivity contribution in [3.63, 3.8) is 0 Å². The molecule has 5 aromatic carbocycles. The zero-order valence-corrected chi connectivity index (χ0v) is 48.8. The second kappa shape index (κ2) is 25.0. The minimum atomic E-state index is -0.415. The summed E-state index contributed by atoms with van der Waals surface area (Å²) >= 11 is 0. The van der Waals surface area contributed by atoms with E-state index in [9.17, 15) is 14.0 Å². The van der Waals surface area contributed by atoms with Crippen molar-refractivity contribution < 1.29 is 42.4 Å². The fourth-order valence-electron chi connectivity index (χ4n) is 9.90. The molecule has 75 heavy (non-hydrogen) atoms. The Kier molecular flexibility index (Phi) is 20.6. The van der Waals surface area contributed by atoms with Gasteiger partial charge in [-0.05, 0) is 167 Å². The van der Waals surface area contributed by atoms with Crippen LogP contribution in [0.2, 0.25) is 0 Å². The van der Waals surface area contributed by atoms with E-state index in [2.05, 4.69) is 137 Å². The Morgan fingerprint density at radius 3 is 1.25 bits per heavy atom. The number of ether oxygens (including phenoxy) is 2. The highest BCUT2D eigenvalue weighted by Crippen LogP contribution is 2.44. The molecule has 6 rings (SSSR count). The molecule has 0 aromatic heterocycles. The van der Waals surface area contributed by atoms with E-state index in [1.54, 1.807) is 6.07 Å². The highest BCUT2D eigenvalue weighted by Gasteiger charge is 2.52. The molecule has 1 saturated heterocycles. The normalized spacial score (nSPS) is 14.2. The molecule has 0 atom stereocenters. The van der Waals surface area contributed by atoms with Gasteiger partial charge in [0.05, 0.1) is 11.2 Å². The number of aryl methyl sites for hydroxylation is 5. The number of hydrogen-bond donors (Lipinski definition) is 0. The van der Waals surface area contributed by atoms with Crippen molar-refractivity contribution in [2.24, 2.45) is 10.8 Å². The van der Waals surface area contributed by atoms with E-state index in [1.165, 1.54) is 27.8 Å². The van der Waals surface area contributed by atoms with Crippen LogP contribution in [0.5, 0.6) is 11.5 Å². The molecule has 0 aliphatic carbocycles. The van der Waals surface area contributed by atoms with E-state index in [4.69, 9.17) is 28.4 Å². The third kappa shape index (κ3) is 14.0. The summed E-state index contributed by atoms with van der Waals surface area (Å²) in [6.07, 6.45) is 4.78. The third-order valence-corrected chi connectivity index (χ3v) is 16.1. The zero-order valence-electron chi connectivity index (χ0n) is 48.8. The largest absolute Gasteiger partial charge is 0.495 e. The third-order valence-electron chi connectivity index (χ3n) is 16.1. The maximum Gasteiger partial charge on any atom is 0.495 e. The highest BCUT2D eigenvalue weighted by atomic mass is 19.1. The molecule has 10 heteroatoms. The Bertz CT molecular complexity index is 2800. The van der Waals surface area contributed by atoms with Crippen molar-refractivity contribution in [1.82, 2.24) is 0 Å². The minimum absolute atomic E-state index is 0.0802. The Hall–Kier alpha value is -5.67. The van der Waals surface area contributed by atoms with Gasteiger partial charge in [-0.2, -0.15) is 9.59 Å². The van der Waals surface area contributed by atoms with Crippen LogP contribution in [0.15, 0.2) is 91.0 Å². The van der Waals surface area contributed by atoms with Crippen molar-refractivity contribution in [3.05, 3.63) is 147 Å². The van der Waals surface area contributed by atoms with Crippen LogP contribution in [0.4, 0.5) is 4.39 Å². The second-order valence-corrected chi connectivity index (χ2v) is 23.4. The van der Waals surface area contributed by atoms with Crippen molar-refractivity contribution in [2.45, 2.75) is 186 Å². The SMILES string of the molecule is CCC(CC)(c1ccc(OCC(=O)C(C)(C)C)c(C)c1)c1ccc(B2OC(C)(C)C(C)(C)O2)c(C)c1.CCc1ccc(-c2ccc(C(CC)(CC)c3ccc(OCC(=O)C(C)(C)C)c(C)c3)cc2C)cc1F.O=C=O. The Morgan fingerprint density at radius 2 is 0.920 bits per heavy atom. The van der Waals surface area contributed by atoms with Gasteiger partial charge in [-0.1, -0.05) is 155 Å². The summed E-state index contributed by atoms with van der Waals surface area (Å²) in [5, 5.41) is 0. The number of halogens is 1. The molecule has 1 fully saturated rings. The Labute approximate surface area is 450 Å². The first-order chi connectivity index (χ1) is 35.0. The van der Waals surface area contributed by atoms with Crippen LogP contribution in [0.25, 0.3) is 11.1 Å². The van der Waals surface area contributed by atoms with E-state index in [0.717, 1.165) is 76.0 Å². The molecule has 0 bridgehead atoms. The Morgan fingerprint density at radius 1 is 0.547 bits per heavy atom. The lowest BCUT2D eigenvalue weighted by atomic mass is 9.68. The number of carbonyl (C=O) groups is 2. The lowest BCUT2D eigenvalue weighted by molar-refractivity contribution is -0.191. The summed E-state index contributed by atoms with van der Waals surface area (Å²) in [6.45, 7) is 39.3. The quantitative estimate of drug-likeness (QED) is 0.0848. The van der Waals surface area contributed by atoms with Gasteiger partial charge in [0.1, 0.15) is 30.5 Å². The van der Waals surface area contributed by atoms with Gasteiger partial charge in [0.2, 0.25) is 0 Å². The van der Waals surface area contributed by atoms with E-state index in [1.807, 2.05) is 79.7 Å². The van der Waals surface area contributed by atoms with Gasteiger partial charge in [0.25, 0.3) is 0 Å². The molecule has 1 aliphatic rings. The summed E-state index contributed by atoms with van der Waals surface area (Å²) < 4.78 is 38.9. The molecule has 1 heterocycles. The average molecular weight is 1030 g/mol. The van der Waals surface area contributed by atoms with Gasteiger partial charge in [-0.25, -0.2) is 4.39 Å². The first-order valence-electron chi connectivity index (χ1n) is 26.9. The van der Waals surface area contributed by atoms with Crippen LogP contribution in [-0.4, -0.2) is 49.3 Å². The van der Waals surface area contributed by atoms with Crippen LogP contribution >= 0.6 is 0 Å². The summed E-state index contributed by atoms with van der Waals surface area (Å²) in [6, 6.07) is 31.6. The van der Waals surface area contributed by atoms with E-state index in [0.29, 0.717) is 6.42 Å². The van der Waals surface area contributed by atoms with Crippen LogP contribution in [0.1, 0.15) is 180 Å². The second-order valence-electron chi connectivity index (χ2n) is 23.4. The highest BCUT2D eigenvalue weighted by molar-refractivity contribution is 6.62. The summed E-state index contributed by atoms with van der Waals surface area (Å²) in [4.78, 5) is 40.9. The van der Waals surface area contributed by atoms with Crippen LogP contribution in [0.3, 0.4) is 0 Å². The number of carbonyl (C=O) groups excluding carboxylic acids is 4. The number of rotatable bonds is 17. The van der Waals surface area contributed by atoms with Gasteiger partial charge in [-0.3, -0.25) is 9.59 Å².